The summed E-state index contributed by atoms with van der Waals surface area (Å²) in [4.78, 5) is 11.1. The minimum atomic E-state index is 0. The topological polar surface area (TPSA) is 52.6 Å². The highest BCUT2D eigenvalue weighted by molar-refractivity contribution is 14.0. The Bertz CT molecular complexity index is 474. The lowest BCUT2D eigenvalue weighted by Crippen LogP contribution is -2.37. The summed E-state index contributed by atoms with van der Waals surface area (Å²) in [6, 6.07) is 4.04. The molecule has 24 heavy (non-hydrogen) atoms. The van der Waals surface area contributed by atoms with Crippen LogP contribution in [-0.2, 0) is 6.54 Å². The first-order valence-corrected chi connectivity index (χ1v) is 8.68. The number of halogens is 1. The van der Waals surface area contributed by atoms with Gasteiger partial charge in [-0.25, -0.2) is 9.98 Å². The van der Waals surface area contributed by atoms with Gasteiger partial charge in [-0.2, -0.15) is 0 Å². The molecule has 138 valence electrons. The molecule has 0 radical (unpaired) electrons. The Balaban J connectivity index is 0.00000529. The summed E-state index contributed by atoms with van der Waals surface area (Å²) in [5.74, 6) is 2.64. The second-order valence-corrected chi connectivity index (χ2v) is 6.39. The number of unbranched alkanes of at least 4 members (excludes halogenated alkanes) is 1. The molecule has 0 amide bonds. The summed E-state index contributed by atoms with van der Waals surface area (Å²) in [6.07, 6.45) is 5.55. The molecule has 0 aliphatic rings. The van der Waals surface area contributed by atoms with Gasteiger partial charge in [0.1, 0.15) is 5.82 Å². The van der Waals surface area contributed by atoms with Crippen LogP contribution in [0.3, 0.4) is 0 Å². The Morgan fingerprint density at radius 3 is 2.62 bits per heavy atom. The van der Waals surface area contributed by atoms with Crippen LogP contribution in [0, 0.1) is 5.92 Å². The van der Waals surface area contributed by atoms with E-state index in [1.54, 1.807) is 0 Å². The SMILES string of the molecule is CCNC(=NCc1cccnc1N(C)C)NCCCCC(C)C.I. The number of anilines is 1. The third-order valence-electron chi connectivity index (χ3n) is 3.54. The van der Waals surface area contributed by atoms with Gasteiger partial charge in [-0.05, 0) is 25.3 Å². The molecule has 1 rings (SSSR count). The van der Waals surface area contributed by atoms with E-state index in [0.717, 1.165) is 36.3 Å². The smallest absolute Gasteiger partial charge is 0.191 e. The van der Waals surface area contributed by atoms with Crippen molar-refractivity contribution in [2.45, 2.75) is 46.6 Å². The van der Waals surface area contributed by atoms with Crippen LogP contribution in [0.25, 0.3) is 0 Å². The second kappa shape index (κ2) is 13.3. The van der Waals surface area contributed by atoms with Gasteiger partial charge in [0.25, 0.3) is 0 Å². The molecule has 0 spiro atoms. The summed E-state index contributed by atoms with van der Waals surface area (Å²) in [5.41, 5.74) is 1.13. The van der Waals surface area contributed by atoms with E-state index in [4.69, 9.17) is 0 Å². The predicted molar refractivity (Wildman–Crippen MR) is 115 cm³/mol. The number of nitrogens with one attached hydrogen (secondary N) is 2. The highest BCUT2D eigenvalue weighted by atomic mass is 127. The Morgan fingerprint density at radius 2 is 2.00 bits per heavy atom. The van der Waals surface area contributed by atoms with Crippen LogP contribution in [0.5, 0.6) is 0 Å². The fourth-order valence-electron chi connectivity index (χ4n) is 2.35. The van der Waals surface area contributed by atoms with Crippen LogP contribution in [0.15, 0.2) is 23.3 Å². The Hall–Kier alpha value is -1.05. The van der Waals surface area contributed by atoms with E-state index in [2.05, 4.69) is 47.4 Å². The Kier molecular flexibility index (Phi) is 12.7. The van der Waals surface area contributed by atoms with E-state index in [1.165, 1.54) is 19.3 Å². The molecule has 0 aromatic carbocycles. The van der Waals surface area contributed by atoms with Crippen LogP contribution in [0.4, 0.5) is 5.82 Å². The van der Waals surface area contributed by atoms with Crippen LogP contribution in [0.1, 0.15) is 45.6 Å². The fourth-order valence-corrected chi connectivity index (χ4v) is 2.35. The molecule has 0 unspecified atom stereocenters. The van der Waals surface area contributed by atoms with E-state index in [-0.39, 0.29) is 24.0 Å². The molecule has 0 fully saturated rings. The first-order chi connectivity index (χ1) is 11.0. The van der Waals surface area contributed by atoms with E-state index >= 15 is 0 Å². The van der Waals surface area contributed by atoms with Crippen molar-refractivity contribution in [2.75, 3.05) is 32.1 Å². The molecular weight excluding hydrogens is 413 g/mol. The first-order valence-electron chi connectivity index (χ1n) is 8.68. The average molecular weight is 447 g/mol. The van der Waals surface area contributed by atoms with E-state index in [0.29, 0.717) is 6.54 Å². The van der Waals surface area contributed by atoms with Gasteiger partial charge in [0.05, 0.1) is 6.54 Å². The number of rotatable bonds is 9. The molecule has 0 aliphatic heterocycles. The maximum atomic E-state index is 4.69. The van der Waals surface area contributed by atoms with Gasteiger partial charge in [-0.15, -0.1) is 24.0 Å². The zero-order valence-corrected chi connectivity index (χ0v) is 18.1. The third kappa shape index (κ3) is 9.30. The van der Waals surface area contributed by atoms with Crippen molar-refractivity contribution in [1.29, 1.82) is 0 Å². The van der Waals surface area contributed by atoms with Crippen molar-refractivity contribution in [1.82, 2.24) is 15.6 Å². The normalized spacial score (nSPS) is 11.2. The van der Waals surface area contributed by atoms with Gasteiger partial charge >= 0.3 is 0 Å². The monoisotopic (exact) mass is 447 g/mol. The largest absolute Gasteiger partial charge is 0.362 e. The second-order valence-electron chi connectivity index (χ2n) is 6.39. The van der Waals surface area contributed by atoms with Crippen LogP contribution >= 0.6 is 24.0 Å². The number of hydrogen-bond acceptors (Lipinski definition) is 3. The fraction of sp³-hybridized carbons (Fsp3) is 0.667. The number of hydrogen-bond donors (Lipinski definition) is 2. The molecule has 1 aromatic rings. The molecule has 0 aliphatic carbocycles. The van der Waals surface area contributed by atoms with Gasteiger partial charge in [-0.3, -0.25) is 0 Å². The lowest BCUT2D eigenvalue weighted by molar-refractivity contribution is 0.534. The van der Waals surface area contributed by atoms with E-state index < -0.39 is 0 Å². The summed E-state index contributed by atoms with van der Waals surface area (Å²) < 4.78 is 0. The van der Waals surface area contributed by atoms with E-state index in [1.807, 2.05) is 31.3 Å². The van der Waals surface area contributed by atoms with Crippen molar-refractivity contribution in [2.24, 2.45) is 10.9 Å². The molecule has 5 nitrogen and oxygen atoms in total. The first kappa shape index (κ1) is 22.9. The number of aromatic nitrogens is 1. The van der Waals surface area contributed by atoms with Crippen molar-refractivity contribution in [3.63, 3.8) is 0 Å². The van der Waals surface area contributed by atoms with E-state index in [9.17, 15) is 0 Å². The zero-order valence-electron chi connectivity index (χ0n) is 15.8. The van der Waals surface area contributed by atoms with Crippen molar-refractivity contribution in [3.8, 4) is 0 Å². The minimum Gasteiger partial charge on any atom is -0.362 e. The summed E-state index contributed by atoms with van der Waals surface area (Å²) in [6.45, 7) is 9.09. The Labute approximate surface area is 164 Å². The van der Waals surface area contributed by atoms with Crippen molar-refractivity contribution >= 4 is 35.8 Å². The van der Waals surface area contributed by atoms with Crippen molar-refractivity contribution < 1.29 is 0 Å². The molecule has 0 saturated heterocycles. The number of pyridine rings is 1. The number of aliphatic imine (C=N–C) groups is 1. The van der Waals surface area contributed by atoms with Crippen LogP contribution in [0.2, 0.25) is 0 Å². The van der Waals surface area contributed by atoms with Gasteiger partial charge in [0.2, 0.25) is 0 Å². The number of guanidine groups is 1. The quantitative estimate of drug-likeness (QED) is 0.263. The third-order valence-corrected chi connectivity index (χ3v) is 3.54. The molecule has 6 heteroatoms. The highest BCUT2D eigenvalue weighted by Gasteiger charge is 2.05. The lowest BCUT2D eigenvalue weighted by Gasteiger charge is -2.15. The Morgan fingerprint density at radius 1 is 1.25 bits per heavy atom. The molecular formula is C18H34IN5. The van der Waals surface area contributed by atoms with Gasteiger partial charge in [0, 0.05) is 38.9 Å². The summed E-state index contributed by atoms with van der Waals surface area (Å²) >= 11 is 0. The van der Waals surface area contributed by atoms with Gasteiger partial charge < -0.3 is 15.5 Å². The van der Waals surface area contributed by atoms with Crippen LogP contribution < -0.4 is 15.5 Å². The standard InChI is InChI=1S/C18H33N5.HI/c1-6-19-18(21-12-8-7-10-15(2)3)22-14-16-11-9-13-20-17(16)23(4)5;/h9,11,13,15H,6-8,10,12,14H2,1-5H3,(H2,19,21,22);1H. The molecule has 1 aromatic heterocycles. The molecule has 1 heterocycles. The zero-order chi connectivity index (χ0) is 17.1. The average Bonchev–Trinajstić information content (AvgIpc) is 2.52. The molecule has 0 bridgehead atoms. The summed E-state index contributed by atoms with van der Waals surface area (Å²) in [7, 11) is 4.02. The summed E-state index contributed by atoms with van der Waals surface area (Å²) in [5, 5.41) is 6.72. The molecule has 0 atom stereocenters. The van der Waals surface area contributed by atoms with Crippen molar-refractivity contribution in [3.05, 3.63) is 23.9 Å². The highest BCUT2D eigenvalue weighted by Crippen LogP contribution is 2.15. The molecule has 0 saturated carbocycles. The van der Waals surface area contributed by atoms with Gasteiger partial charge in [-0.1, -0.05) is 32.8 Å². The maximum Gasteiger partial charge on any atom is 0.191 e. The van der Waals surface area contributed by atoms with Crippen LogP contribution in [-0.4, -0.2) is 38.1 Å². The molecule has 2 N–H and O–H groups in total. The maximum absolute atomic E-state index is 4.69. The minimum absolute atomic E-state index is 0. The number of nitrogens with zero attached hydrogens (tertiary/aromatic N) is 3. The lowest BCUT2D eigenvalue weighted by atomic mass is 10.1. The predicted octanol–water partition coefficient (Wildman–Crippen LogP) is 3.65. The van der Waals surface area contributed by atoms with Gasteiger partial charge in [0.15, 0.2) is 5.96 Å².